The molecule has 0 unspecified atom stereocenters. The third-order valence-electron chi connectivity index (χ3n) is 2.10. The quantitative estimate of drug-likeness (QED) is 0.477. The van der Waals surface area contributed by atoms with Crippen LogP contribution >= 0.6 is 0 Å². The van der Waals surface area contributed by atoms with E-state index in [1.165, 1.54) is 13.8 Å². The van der Waals surface area contributed by atoms with Crippen LogP contribution in [-0.4, -0.2) is 16.0 Å². The van der Waals surface area contributed by atoms with E-state index in [0.29, 0.717) is 11.3 Å². The number of aliphatic hydroxyl groups excluding tert-OH is 2. The summed E-state index contributed by atoms with van der Waals surface area (Å²) in [5.74, 6) is -0.544. The first-order chi connectivity index (χ1) is 8.06. The minimum Gasteiger partial charge on any atom is -0.510 e. The van der Waals surface area contributed by atoms with Crippen LogP contribution in [0.3, 0.4) is 0 Å². The van der Waals surface area contributed by atoms with Crippen LogP contribution in [0.5, 0.6) is 0 Å². The summed E-state index contributed by atoms with van der Waals surface area (Å²) in [6, 6.07) is 6.89. The van der Waals surface area contributed by atoms with Crippen LogP contribution in [-0.2, 0) is 11.4 Å². The first-order valence-corrected chi connectivity index (χ1v) is 5.07. The molecule has 0 saturated carbocycles. The number of carbonyl (C=O) groups is 1. The lowest BCUT2D eigenvalue weighted by molar-refractivity contribution is -0.113. The van der Waals surface area contributed by atoms with Gasteiger partial charge < -0.3 is 10.2 Å². The van der Waals surface area contributed by atoms with Crippen molar-refractivity contribution in [3.63, 3.8) is 0 Å². The number of Topliss-reactive ketones (excluding diaryl/α,β-unsaturated/α-hetero) is 1. The van der Waals surface area contributed by atoms with Crippen LogP contribution < -0.4 is 0 Å². The number of benzene rings is 1. The molecule has 1 aromatic rings. The molecule has 2 N–H and O–H groups in total. The number of nitrogens with zero attached hydrogens (tertiary/aromatic N) is 2. The predicted octanol–water partition coefficient (Wildman–Crippen LogP) is 2.64. The second-order valence-corrected chi connectivity index (χ2v) is 3.48. The van der Waals surface area contributed by atoms with E-state index < -0.39 is 0 Å². The molecule has 0 bridgehead atoms. The van der Waals surface area contributed by atoms with Crippen molar-refractivity contribution in [3.05, 3.63) is 41.3 Å². The number of allylic oxidation sites excluding steroid dienone is 2. The zero-order valence-corrected chi connectivity index (χ0v) is 9.71. The molecule has 17 heavy (non-hydrogen) atoms. The number of carbonyl (C=O) groups excluding carboxylic acids is 1. The Morgan fingerprint density at radius 1 is 1.29 bits per heavy atom. The Labute approximate surface area is 99.1 Å². The lowest BCUT2D eigenvalue weighted by Crippen LogP contribution is -1.96. The Morgan fingerprint density at radius 2 is 1.94 bits per heavy atom. The predicted molar refractivity (Wildman–Crippen MR) is 62.9 cm³/mol. The highest BCUT2D eigenvalue weighted by molar-refractivity contribution is 5.93. The van der Waals surface area contributed by atoms with E-state index >= 15 is 0 Å². The highest BCUT2D eigenvalue weighted by Crippen LogP contribution is 2.20. The van der Waals surface area contributed by atoms with E-state index in [1.807, 2.05) is 0 Å². The summed E-state index contributed by atoms with van der Waals surface area (Å²) >= 11 is 0. The van der Waals surface area contributed by atoms with Crippen LogP contribution in [0.1, 0.15) is 19.4 Å². The Morgan fingerprint density at radius 3 is 2.47 bits per heavy atom. The molecule has 0 amide bonds. The molecule has 90 valence electrons. The molecule has 0 aliphatic carbocycles. The maximum absolute atomic E-state index is 11.1. The van der Waals surface area contributed by atoms with Crippen molar-refractivity contribution >= 4 is 11.5 Å². The topological polar surface area (TPSA) is 82.2 Å². The molecule has 0 saturated heterocycles. The van der Waals surface area contributed by atoms with Gasteiger partial charge in [-0.25, -0.2) is 0 Å². The summed E-state index contributed by atoms with van der Waals surface area (Å²) < 4.78 is 0. The van der Waals surface area contributed by atoms with Gasteiger partial charge in [-0.2, -0.15) is 0 Å². The van der Waals surface area contributed by atoms with Gasteiger partial charge in [-0.05, 0) is 13.0 Å². The molecule has 0 aliphatic heterocycles. The molecule has 0 spiro atoms. The molecule has 0 aromatic heterocycles. The third-order valence-corrected chi connectivity index (χ3v) is 2.10. The van der Waals surface area contributed by atoms with Crippen LogP contribution in [0.15, 0.2) is 46.0 Å². The molecule has 5 heteroatoms. The van der Waals surface area contributed by atoms with Crippen molar-refractivity contribution in [2.75, 3.05) is 0 Å². The monoisotopic (exact) mass is 234 g/mol. The van der Waals surface area contributed by atoms with Crippen molar-refractivity contribution in [1.29, 1.82) is 0 Å². The van der Waals surface area contributed by atoms with Crippen LogP contribution in [0.2, 0.25) is 0 Å². The Balaban J connectivity index is 3.05. The fourth-order valence-electron chi connectivity index (χ4n) is 1.24. The van der Waals surface area contributed by atoms with E-state index in [2.05, 4.69) is 10.2 Å². The van der Waals surface area contributed by atoms with Gasteiger partial charge >= 0.3 is 0 Å². The molecule has 1 rings (SSSR count). The minimum absolute atomic E-state index is 0.0854. The Hall–Kier alpha value is -2.01. The lowest BCUT2D eigenvalue weighted by Gasteiger charge is -2.00. The molecule has 1 aromatic carbocycles. The van der Waals surface area contributed by atoms with Crippen LogP contribution in [0, 0.1) is 0 Å². The normalized spacial score (nSPS) is 12.6. The van der Waals surface area contributed by atoms with Gasteiger partial charge in [0, 0.05) is 12.5 Å². The summed E-state index contributed by atoms with van der Waals surface area (Å²) in [7, 11) is 0. The van der Waals surface area contributed by atoms with Gasteiger partial charge in [0.2, 0.25) is 0 Å². The zero-order valence-electron chi connectivity index (χ0n) is 9.71. The second-order valence-electron chi connectivity index (χ2n) is 3.48. The number of aliphatic hydroxyl groups is 2. The summed E-state index contributed by atoms with van der Waals surface area (Å²) in [5, 5.41) is 25.9. The Kier molecular flexibility index (Phi) is 4.54. The largest absolute Gasteiger partial charge is 0.510 e. The van der Waals surface area contributed by atoms with Crippen molar-refractivity contribution < 1.29 is 15.0 Å². The number of rotatable bonds is 4. The number of azo groups is 1. The molecule has 0 heterocycles. The number of ketones is 1. The van der Waals surface area contributed by atoms with Crippen LogP contribution in [0.4, 0.5) is 5.69 Å². The van der Waals surface area contributed by atoms with Crippen molar-refractivity contribution in [2.45, 2.75) is 20.5 Å². The highest BCUT2D eigenvalue weighted by Gasteiger charge is 2.07. The smallest absolute Gasteiger partial charge is 0.183 e. The molecular formula is C12H14N2O3. The van der Waals surface area contributed by atoms with Gasteiger partial charge in [0.15, 0.2) is 11.5 Å². The maximum Gasteiger partial charge on any atom is 0.183 e. The number of hydrogen-bond donors (Lipinski definition) is 2. The first kappa shape index (κ1) is 13.1. The Bertz CT molecular complexity index is 474. The van der Waals surface area contributed by atoms with Crippen LogP contribution in [0.25, 0.3) is 0 Å². The van der Waals surface area contributed by atoms with Gasteiger partial charge in [0.25, 0.3) is 0 Å². The highest BCUT2D eigenvalue weighted by atomic mass is 16.3. The van der Waals surface area contributed by atoms with Gasteiger partial charge in [-0.15, -0.1) is 10.2 Å². The van der Waals surface area contributed by atoms with Gasteiger partial charge in [0.05, 0.1) is 12.3 Å². The summed E-state index contributed by atoms with van der Waals surface area (Å²) in [5.41, 5.74) is 0.988. The van der Waals surface area contributed by atoms with E-state index in [0.717, 1.165) is 0 Å². The summed E-state index contributed by atoms with van der Waals surface area (Å²) in [4.78, 5) is 11.1. The average molecular weight is 234 g/mol. The third kappa shape index (κ3) is 3.49. The van der Waals surface area contributed by atoms with Gasteiger partial charge in [-0.1, -0.05) is 18.2 Å². The van der Waals surface area contributed by atoms with E-state index in [1.54, 1.807) is 24.3 Å². The average Bonchev–Trinajstić information content (AvgIpc) is 2.29. The molecule has 0 radical (unpaired) electrons. The minimum atomic E-state index is -0.366. The van der Waals surface area contributed by atoms with Gasteiger partial charge in [0.1, 0.15) is 5.76 Å². The molecule has 0 aliphatic rings. The van der Waals surface area contributed by atoms with Crippen molar-refractivity contribution in [2.24, 2.45) is 10.2 Å². The second kappa shape index (κ2) is 5.91. The van der Waals surface area contributed by atoms with Gasteiger partial charge in [-0.3, -0.25) is 4.79 Å². The van der Waals surface area contributed by atoms with Crippen molar-refractivity contribution in [1.82, 2.24) is 0 Å². The molecular weight excluding hydrogens is 220 g/mol. The number of hydrogen-bond acceptors (Lipinski definition) is 5. The zero-order chi connectivity index (χ0) is 12.8. The molecule has 0 fully saturated rings. The molecule has 0 atom stereocenters. The van der Waals surface area contributed by atoms with E-state index in [4.69, 9.17) is 5.11 Å². The fraction of sp³-hybridized carbons (Fsp3) is 0.250. The van der Waals surface area contributed by atoms with E-state index in [-0.39, 0.29) is 23.8 Å². The summed E-state index contributed by atoms with van der Waals surface area (Å²) in [6.07, 6.45) is 0. The summed E-state index contributed by atoms with van der Waals surface area (Å²) in [6.45, 7) is 2.51. The maximum atomic E-state index is 11.1. The first-order valence-electron chi connectivity index (χ1n) is 5.07. The molecule has 5 nitrogen and oxygen atoms in total. The lowest BCUT2D eigenvalue weighted by atomic mass is 10.2. The van der Waals surface area contributed by atoms with Crippen molar-refractivity contribution in [3.8, 4) is 0 Å². The SMILES string of the molecule is CC(=O)C(N=Nc1ccccc1CO)=C(C)O. The fourth-order valence-corrected chi connectivity index (χ4v) is 1.24. The standard InChI is InChI=1S/C12H14N2O3/c1-8(16)12(9(2)17)14-13-11-6-4-3-5-10(11)7-15/h3-6,15-16H,7H2,1-2H3. The van der Waals surface area contributed by atoms with E-state index in [9.17, 15) is 9.90 Å².